The molecule has 18 heavy (non-hydrogen) atoms. The number of hydrogen-bond donors (Lipinski definition) is 0. The fourth-order valence-corrected chi connectivity index (χ4v) is 2.67. The van der Waals surface area contributed by atoms with Gasteiger partial charge in [0.25, 0.3) is 0 Å². The largest absolute Gasteiger partial charge is 0.367 e. The van der Waals surface area contributed by atoms with Crippen molar-refractivity contribution in [3.63, 3.8) is 0 Å². The summed E-state index contributed by atoms with van der Waals surface area (Å²) < 4.78 is 19.2. The summed E-state index contributed by atoms with van der Waals surface area (Å²) in [6, 6.07) is 4.40. The van der Waals surface area contributed by atoms with Gasteiger partial charge in [0, 0.05) is 17.5 Å². The smallest absolute Gasteiger partial charge is 0.168 e. The third kappa shape index (κ3) is 2.98. The number of rotatable bonds is 3. The van der Waals surface area contributed by atoms with Crippen molar-refractivity contribution in [3.8, 4) is 0 Å². The van der Waals surface area contributed by atoms with Crippen LogP contribution in [0.2, 0.25) is 0 Å². The van der Waals surface area contributed by atoms with E-state index in [0.29, 0.717) is 11.1 Å². The summed E-state index contributed by atoms with van der Waals surface area (Å²) in [5.41, 5.74) is 0.128. The lowest BCUT2D eigenvalue weighted by Crippen LogP contribution is -2.42. The molecule has 0 aliphatic carbocycles. The van der Waals surface area contributed by atoms with E-state index in [2.05, 4.69) is 15.9 Å². The van der Waals surface area contributed by atoms with Crippen molar-refractivity contribution >= 4 is 21.7 Å². The first-order chi connectivity index (χ1) is 8.51. The first-order valence-electron chi connectivity index (χ1n) is 6.12. The van der Waals surface area contributed by atoms with Crippen LogP contribution in [0.15, 0.2) is 22.7 Å². The zero-order valence-corrected chi connectivity index (χ0v) is 11.9. The number of ether oxygens (including phenoxy) is 1. The summed E-state index contributed by atoms with van der Waals surface area (Å²) in [5, 5.41) is 0. The van der Waals surface area contributed by atoms with Crippen LogP contribution in [-0.4, -0.2) is 18.0 Å². The predicted molar refractivity (Wildman–Crippen MR) is 71.0 cm³/mol. The third-order valence-electron chi connectivity index (χ3n) is 3.42. The van der Waals surface area contributed by atoms with E-state index in [-0.39, 0.29) is 18.0 Å². The number of Topliss-reactive ketones (excluding diaryl/α,β-unsaturated/α-hetero) is 1. The minimum Gasteiger partial charge on any atom is -0.367 e. The van der Waals surface area contributed by atoms with E-state index >= 15 is 0 Å². The van der Waals surface area contributed by atoms with Crippen LogP contribution in [0.5, 0.6) is 0 Å². The number of halogens is 2. The molecule has 0 amide bonds. The van der Waals surface area contributed by atoms with Gasteiger partial charge in [-0.3, -0.25) is 4.79 Å². The molecule has 1 fully saturated rings. The third-order valence-corrected chi connectivity index (χ3v) is 4.16. The zero-order chi connectivity index (χ0) is 13.2. The highest BCUT2D eigenvalue weighted by molar-refractivity contribution is 9.10. The van der Waals surface area contributed by atoms with Gasteiger partial charge in [-0.05, 0) is 43.9 Å². The second-order valence-corrected chi connectivity index (χ2v) is 5.73. The van der Waals surface area contributed by atoms with Crippen molar-refractivity contribution < 1.29 is 13.9 Å². The van der Waals surface area contributed by atoms with Gasteiger partial charge in [-0.15, -0.1) is 0 Å². The van der Waals surface area contributed by atoms with E-state index in [1.54, 1.807) is 6.07 Å². The van der Waals surface area contributed by atoms with Gasteiger partial charge in [0.2, 0.25) is 0 Å². The van der Waals surface area contributed by atoms with Crippen molar-refractivity contribution in [2.24, 2.45) is 0 Å². The minimum absolute atomic E-state index is 0.0644. The van der Waals surface area contributed by atoms with Crippen molar-refractivity contribution in [1.82, 2.24) is 0 Å². The summed E-state index contributed by atoms with van der Waals surface area (Å²) in [5.74, 6) is -0.243. The molecule has 1 saturated heterocycles. The van der Waals surface area contributed by atoms with Crippen molar-refractivity contribution in [3.05, 3.63) is 34.1 Å². The Morgan fingerprint density at radius 3 is 2.89 bits per heavy atom. The molecule has 0 spiro atoms. The van der Waals surface area contributed by atoms with Crippen LogP contribution >= 0.6 is 15.9 Å². The Kier molecular flexibility index (Phi) is 4.17. The highest BCUT2D eigenvalue weighted by Gasteiger charge is 2.35. The molecule has 0 radical (unpaired) electrons. The van der Waals surface area contributed by atoms with Crippen LogP contribution in [-0.2, 0) is 16.0 Å². The molecule has 2 nitrogen and oxygen atoms in total. The lowest BCUT2D eigenvalue weighted by atomic mass is 9.88. The molecule has 98 valence electrons. The van der Waals surface area contributed by atoms with Crippen LogP contribution in [0.25, 0.3) is 0 Å². The second-order valence-electron chi connectivity index (χ2n) is 4.87. The van der Waals surface area contributed by atoms with Gasteiger partial charge in [0.05, 0.1) is 0 Å². The van der Waals surface area contributed by atoms with Gasteiger partial charge in [0.1, 0.15) is 11.4 Å². The lowest BCUT2D eigenvalue weighted by Gasteiger charge is -2.32. The van der Waals surface area contributed by atoms with Crippen LogP contribution in [0.4, 0.5) is 4.39 Å². The molecule has 0 aromatic heterocycles. The first-order valence-corrected chi connectivity index (χ1v) is 6.92. The quantitative estimate of drug-likeness (QED) is 0.851. The summed E-state index contributed by atoms with van der Waals surface area (Å²) >= 11 is 3.28. The van der Waals surface area contributed by atoms with E-state index in [4.69, 9.17) is 4.74 Å². The monoisotopic (exact) mass is 314 g/mol. The molecule has 1 heterocycles. The summed E-state index contributed by atoms with van der Waals surface area (Å²) in [7, 11) is 0. The zero-order valence-electron chi connectivity index (χ0n) is 10.3. The minimum atomic E-state index is -0.675. The average Bonchev–Trinajstić information content (AvgIpc) is 2.33. The Labute approximate surface area is 115 Å². The molecule has 1 aliphatic rings. The number of carbonyl (C=O) groups is 1. The summed E-state index contributed by atoms with van der Waals surface area (Å²) in [4.78, 5) is 12.3. The Balaban J connectivity index is 2.11. The van der Waals surface area contributed by atoms with E-state index in [1.165, 1.54) is 12.1 Å². The lowest BCUT2D eigenvalue weighted by molar-refractivity contribution is -0.147. The second kappa shape index (κ2) is 5.49. The molecule has 1 aromatic carbocycles. The van der Waals surface area contributed by atoms with Crippen molar-refractivity contribution in [2.45, 2.75) is 38.2 Å². The highest BCUT2D eigenvalue weighted by Crippen LogP contribution is 2.28. The Morgan fingerprint density at radius 2 is 2.28 bits per heavy atom. The predicted octanol–water partition coefficient (Wildman–Crippen LogP) is 3.66. The number of carbonyl (C=O) groups excluding carboxylic acids is 1. The topological polar surface area (TPSA) is 26.3 Å². The van der Waals surface area contributed by atoms with Gasteiger partial charge in [-0.25, -0.2) is 4.39 Å². The molecule has 1 aliphatic heterocycles. The van der Waals surface area contributed by atoms with Gasteiger partial charge >= 0.3 is 0 Å². The van der Waals surface area contributed by atoms with Crippen LogP contribution < -0.4 is 0 Å². The fraction of sp³-hybridized carbons (Fsp3) is 0.500. The molecule has 1 atom stereocenters. The number of ketones is 1. The van der Waals surface area contributed by atoms with E-state index in [1.807, 2.05) is 6.92 Å². The summed E-state index contributed by atoms with van der Waals surface area (Å²) in [6.07, 6.45) is 3.08. The number of benzene rings is 1. The fourth-order valence-electron chi connectivity index (χ4n) is 2.18. The molecule has 0 N–H and O–H groups in total. The summed E-state index contributed by atoms with van der Waals surface area (Å²) in [6.45, 7) is 2.50. The maximum absolute atomic E-state index is 13.0. The molecule has 2 rings (SSSR count). The highest BCUT2D eigenvalue weighted by atomic mass is 79.9. The maximum Gasteiger partial charge on any atom is 0.168 e. The Bertz CT molecular complexity index is 453. The van der Waals surface area contributed by atoms with Crippen LogP contribution in [0, 0.1) is 5.82 Å². The molecule has 1 unspecified atom stereocenters. The normalized spacial score (nSPS) is 23.9. The van der Waals surface area contributed by atoms with E-state index in [9.17, 15) is 9.18 Å². The first kappa shape index (κ1) is 13.7. The van der Waals surface area contributed by atoms with Crippen LogP contribution in [0.3, 0.4) is 0 Å². The molecule has 4 heteroatoms. The average molecular weight is 315 g/mol. The molecule has 1 aromatic rings. The molecule has 0 bridgehead atoms. The van der Waals surface area contributed by atoms with Crippen molar-refractivity contribution in [1.29, 1.82) is 0 Å². The Hall–Kier alpha value is -0.740. The van der Waals surface area contributed by atoms with E-state index in [0.717, 1.165) is 24.8 Å². The maximum atomic E-state index is 13.0. The van der Waals surface area contributed by atoms with Crippen LogP contribution in [0.1, 0.15) is 31.7 Å². The van der Waals surface area contributed by atoms with Gasteiger partial charge in [-0.1, -0.05) is 22.0 Å². The van der Waals surface area contributed by atoms with Crippen molar-refractivity contribution in [2.75, 3.05) is 6.61 Å². The molecular weight excluding hydrogens is 299 g/mol. The van der Waals surface area contributed by atoms with Gasteiger partial charge in [0.15, 0.2) is 5.78 Å². The van der Waals surface area contributed by atoms with E-state index < -0.39 is 5.60 Å². The molecular formula is C14H16BrFO2. The Morgan fingerprint density at radius 1 is 1.50 bits per heavy atom. The van der Waals surface area contributed by atoms with Gasteiger partial charge < -0.3 is 4.74 Å². The standard InChI is InChI=1S/C14H16BrFO2/c1-14(6-2-3-7-18-14)13(17)8-10-4-5-11(16)9-12(10)15/h4-5,9H,2-3,6-8H2,1H3. The SMILES string of the molecule is CC1(C(=O)Cc2ccc(F)cc2Br)CCCCO1. The number of hydrogen-bond acceptors (Lipinski definition) is 2. The molecule has 0 saturated carbocycles. The van der Waals surface area contributed by atoms with Gasteiger partial charge in [-0.2, -0.15) is 0 Å².